The summed E-state index contributed by atoms with van der Waals surface area (Å²) in [5.74, 6) is -0.756. The molecule has 2 amide bonds. The van der Waals surface area contributed by atoms with E-state index in [0.29, 0.717) is 11.4 Å². The molecule has 26 heavy (non-hydrogen) atoms. The van der Waals surface area contributed by atoms with Crippen LogP contribution in [0.1, 0.15) is 24.5 Å². The Bertz CT molecular complexity index is 765. The number of nitrogens with zero attached hydrogens (tertiary/aromatic N) is 1. The number of benzene rings is 2. The first-order chi connectivity index (χ1) is 12.4. The lowest BCUT2D eigenvalue weighted by atomic mass is 10.1. The van der Waals surface area contributed by atoms with Crippen LogP contribution in [0.2, 0.25) is 5.02 Å². The average Bonchev–Trinajstić information content (AvgIpc) is 2.65. The van der Waals surface area contributed by atoms with Gasteiger partial charge in [0.05, 0.1) is 0 Å². The summed E-state index contributed by atoms with van der Waals surface area (Å²) in [6.45, 7) is 1.91. The lowest BCUT2D eigenvalue weighted by molar-refractivity contribution is -0.140. The maximum atomic E-state index is 13.1. The second kappa shape index (κ2) is 9.34. The molecule has 0 saturated carbocycles. The summed E-state index contributed by atoms with van der Waals surface area (Å²) < 4.78 is 13.1. The van der Waals surface area contributed by atoms with Crippen LogP contribution in [0.25, 0.3) is 0 Å². The third-order valence-electron chi connectivity index (χ3n) is 4.25. The third-order valence-corrected chi connectivity index (χ3v) is 4.61. The van der Waals surface area contributed by atoms with Crippen LogP contribution >= 0.6 is 11.6 Å². The molecule has 138 valence electrons. The van der Waals surface area contributed by atoms with Crippen LogP contribution < -0.4 is 5.32 Å². The topological polar surface area (TPSA) is 49.4 Å². The van der Waals surface area contributed by atoms with Gasteiger partial charge in [0.25, 0.3) is 0 Å². The minimum atomic E-state index is -0.635. The van der Waals surface area contributed by atoms with E-state index in [1.54, 1.807) is 25.1 Å². The van der Waals surface area contributed by atoms with Crippen molar-refractivity contribution in [2.24, 2.45) is 0 Å². The maximum Gasteiger partial charge on any atom is 0.242 e. The molecular weight excluding hydrogens is 355 g/mol. The highest BCUT2D eigenvalue weighted by atomic mass is 35.5. The van der Waals surface area contributed by atoms with E-state index in [-0.39, 0.29) is 30.6 Å². The van der Waals surface area contributed by atoms with Gasteiger partial charge in [-0.05, 0) is 42.7 Å². The second-order valence-corrected chi connectivity index (χ2v) is 6.44. The second-order valence-electron chi connectivity index (χ2n) is 6.03. The first kappa shape index (κ1) is 19.9. The van der Waals surface area contributed by atoms with E-state index >= 15 is 0 Å². The quantitative estimate of drug-likeness (QED) is 0.803. The summed E-state index contributed by atoms with van der Waals surface area (Å²) in [7, 11) is 1.53. The standard InChI is InChI=1S/C20H22ClFN2O2/c1-14(20(26)23-2)24(13-15-7-10-17(22)11-8-15)19(25)12-9-16-5-3-4-6-18(16)21/h3-8,10-11,14H,9,12-13H2,1-2H3,(H,23,26)/t14-/m0/s1. The van der Waals surface area contributed by atoms with E-state index in [1.807, 2.05) is 18.2 Å². The number of amides is 2. The molecule has 0 radical (unpaired) electrons. The van der Waals surface area contributed by atoms with Crippen LogP contribution in [0.5, 0.6) is 0 Å². The Morgan fingerprint density at radius 2 is 1.81 bits per heavy atom. The number of hydrogen-bond donors (Lipinski definition) is 1. The predicted octanol–water partition coefficient (Wildman–Crippen LogP) is 3.58. The summed E-state index contributed by atoms with van der Waals surface area (Å²) in [5.41, 5.74) is 1.64. The first-order valence-electron chi connectivity index (χ1n) is 8.41. The van der Waals surface area contributed by atoms with Gasteiger partial charge in [-0.25, -0.2) is 4.39 Å². The molecular formula is C20H22ClFN2O2. The minimum Gasteiger partial charge on any atom is -0.357 e. The third kappa shape index (κ3) is 5.30. The Morgan fingerprint density at radius 3 is 2.42 bits per heavy atom. The molecule has 2 aromatic carbocycles. The monoisotopic (exact) mass is 376 g/mol. The van der Waals surface area contributed by atoms with Crippen LogP contribution in [0.4, 0.5) is 4.39 Å². The number of carbonyl (C=O) groups is 2. The van der Waals surface area contributed by atoms with E-state index in [4.69, 9.17) is 11.6 Å². The van der Waals surface area contributed by atoms with Crippen molar-refractivity contribution in [3.8, 4) is 0 Å². The summed E-state index contributed by atoms with van der Waals surface area (Å²) in [5, 5.41) is 3.18. The summed E-state index contributed by atoms with van der Waals surface area (Å²) in [6, 6.07) is 12.6. The van der Waals surface area contributed by atoms with Gasteiger partial charge in [-0.2, -0.15) is 0 Å². The Morgan fingerprint density at radius 1 is 1.15 bits per heavy atom. The fourth-order valence-electron chi connectivity index (χ4n) is 2.66. The smallest absolute Gasteiger partial charge is 0.242 e. The molecule has 0 fully saturated rings. The van der Waals surface area contributed by atoms with Gasteiger partial charge in [0, 0.05) is 25.0 Å². The van der Waals surface area contributed by atoms with Crippen molar-refractivity contribution in [2.75, 3.05) is 7.05 Å². The fourth-order valence-corrected chi connectivity index (χ4v) is 2.89. The molecule has 0 aromatic heterocycles. The van der Waals surface area contributed by atoms with Gasteiger partial charge in [-0.1, -0.05) is 41.9 Å². The lowest BCUT2D eigenvalue weighted by Gasteiger charge is -2.28. The molecule has 0 aliphatic rings. The van der Waals surface area contributed by atoms with Gasteiger partial charge in [-0.3, -0.25) is 9.59 Å². The van der Waals surface area contributed by atoms with Crippen LogP contribution in [-0.4, -0.2) is 29.8 Å². The van der Waals surface area contributed by atoms with Gasteiger partial charge >= 0.3 is 0 Å². The Hall–Kier alpha value is -2.40. The van der Waals surface area contributed by atoms with Crippen molar-refractivity contribution in [1.82, 2.24) is 10.2 Å². The van der Waals surface area contributed by atoms with Crippen LogP contribution in [-0.2, 0) is 22.6 Å². The molecule has 0 saturated heterocycles. The molecule has 1 N–H and O–H groups in total. The fraction of sp³-hybridized carbons (Fsp3) is 0.300. The molecule has 0 unspecified atom stereocenters. The average molecular weight is 377 g/mol. The van der Waals surface area contributed by atoms with Crippen molar-refractivity contribution >= 4 is 23.4 Å². The van der Waals surface area contributed by atoms with Gasteiger partial charge in [0.2, 0.25) is 11.8 Å². The number of hydrogen-bond acceptors (Lipinski definition) is 2. The SMILES string of the molecule is CNC(=O)[C@H](C)N(Cc1ccc(F)cc1)C(=O)CCc1ccccc1Cl. The van der Waals surface area contributed by atoms with Crippen LogP contribution in [0.15, 0.2) is 48.5 Å². The summed E-state index contributed by atoms with van der Waals surface area (Å²) >= 11 is 6.14. The van der Waals surface area contributed by atoms with Crippen molar-refractivity contribution in [1.29, 1.82) is 0 Å². The lowest BCUT2D eigenvalue weighted by Crippen LogP contribution is -2.46. The Balaban J connectivity index is 2.13. The van der Waals surface area contributed by atoms with Gasteiger partial charge in [0.15, 0.2) is 0 Å². The first-order valence-corrected chi connectivity index (χ1v) is 8.79. The molecule has 6 heteroatoms. The number of likely N-dealkylation sites (N-methyl/N-ethyl adjacent to an activating group) is 1. The largest absolute Gasteiger partial charge is 0.357 e. The number of nitrogens with one attached hydrogen (secondary N) is 1. The molecule has 1 atom stereocenters. The molecule has 0 aliphatic heterocycles. The molecule has 2 rings (SSSR count). The zero-order chi connectivity index (χ0) is 19.1. The highest BCUT2D eigenvalue weighted by Crippen LogP contribution is 2.18. The molecule has 0 spiro atoms. The number of rotatable bonds is 7. The molecule has 0 bridgehead atoms. The molecule has 0 heterocycles. The summed E-state index contributed by atoms with van der Waals surface area (Å²) in [6.07, 6.45) is 0.713. The normalized spacial score (nSPS) is 11.7. The maximum absolute atomic E-state index is 13.1. The van der Waals surface area contributed by atoms with E-state index < -0.39 is 6.04 Å². The van der Waals surface area contributed by atoms with Gasteiger partial charge < -0.3 is 10.2 Å². The number of aryl methyl sites for hydroxylation is 1. The zero-order valence-corrected chi connectivity index (χ0v) is 15.6. The number of carbonyl (C=O) groups excluding carboxylic acids is 2. The van der Waals surface area contributed by atoms with Gasteiger partial charge in [0.1, 0.15) is 11.9 Å². The molecule has 2 aromatic rings. The van der Waals surface area contributed by atoms with Crippen molar-refractivity contribution in [2.45, 2.75) is 32.4 Å². The predicted molar refractivity (Wildman–Crippen MR) is 100 cm³/mol. The zero-order valence-electron chi connectivity index (χ0n) is 14.8. The van der Waals surface area contributed by atoms with Crippen molar-refractivity contribution in [3.63, 3.8) is 0 Å². The highest BCUT2D eigenvalue weighted by Gasteiger charge is 2.25. The highest BCUT2D eigenvalue weighted by molar-refractivity contribution is 6.31. The van der Waals surface area contributed by atoms with Crippen LogP contribution in [0, 0.1) is 5.82 Å². The number of halogens is 2. The minimum absolute atomic E-state index is 0.162. The summed E-state index contributed by atoms with van der Waals surface area (Å²) in [4.78, 5) is 26.3. The van der Waals surface area contributed by atoms with Crippen LogP contribution in [0.3, 0.4) is 0 Å². The van der Waals surface area contributed by atoms with Gasteiger partial charge in [-0.15, -0.1) is 0 Å². The molecule has 4 nitrogen and oxygen atoms in total. The Labute approximate surface area is 158 Å². The van der Waals surface area contributed by atoms with E-state index in [2.05, 4.69) is 5.32 Å². The van der Waals surface area contributed by atoms with Crippen molar-refractivity contribution in [3.05, 3.63) is 70.5 Å². The van der Waals surface area contributed by atoms with E-state index in [0.717, 1.165) is 11.1 Å². The van der Waals surface area contributed by atoms with E-state index in [1.165, 1.54) is 24.1 Å². The molecule has 0 aliphatic carbocycles. The Kier molecular flexibility index (Phi) is 7.16. The van der Waals surface area contributed by atoms with Crippen molar-refractivity contribution < 1.29 is 14.0 Å². The van der Waals surface area contributed by atoms with E-state index in [9.17, 15) is 14.0 Å².